The molecule has 1 aliphatic heterocycles. The van der Waals surface area contributed by atoms with Gasteiger partial charge in [-0.1, -0.05) is 24.4 Å². The molecule has 2 aromatic rings. The minimum absolute atomic E-state index is 0.0146. The van der Waals surface area contributed by atoms with Crippen molar-refractivity contribution in [2.45, 2.75) is 30.6 Å². The number of carbonyl (C=O) groups excluding carboxylic acids is 1. The Labute approximate surface area is 168 Å². The van der Waals surface area contributed by atoms with E-state index in [-0.39, 0.29) is 21.6 Å². The van der Waals surface area contributed by atoms with Gasteiger partial charge in [-0.05, 0) is 55.3 Å². The molecule has 0 unspecified atom stereocenters. The van der Waals surface area contributed by atoms with Gasteiger partial charge in [0.15, 0.2) is 0 Å². The second-order valence-electron chi connectivity index (χ2n) is 6.59. The fourth-order valence-corrected chi connectivity index (χ4v) is 4.20. The fourth-order valence-electron chi connectivity index (χ4n) is 2.97. The maximum Gasteiger partial charge on any atom is 0.321 e. The number of nitrogens with one attached hydrogen (secondary N) is 2. The van der Waals surface area contributed by atoms with Gasteiger partial charge in [0.25, 0.3) is 10.0 Å². The van der Waals surface area contributed by atoms with Gasteiger partial charge in [-0.15, -0.1) is 0 Å². The third kappa shape index (κ3) is 5.14. The van der Waals surface area contributed by atoms with Crippen molar-refractivity contribution in [3.63, 3.8) is 0 Å². The zero-order valence-electron chi connectivity index (χ0n) is 15.1. The molecular formula is C19H21ClFN3O3S. The van der Waals surface area contributed by atoms with Crippen molar-refractivity contribution < 1.29 is 17.6 Å². The van der Waals surface area contributed by atoms with Crippen molar-refractivity contribution in [2.75, 3.05) is 23.1 Å². The summed E-state index contributed by atoms with van der Waals surface area (Å²) in [4.78, 5) is 14.1. The molecule has 150 valence electrons. The van der Waals surface area contributed by atoms with Gasteiger partial charge in [0.1, 0.15) is 5.82 Å². The zero-order chi connectivity index (χ0) is 20.1. The van der Waals surface area contributed by atoms with Crippen LogP contribution < -0.4 is 10.0 Å². The summed E-state index contributed by atoms with van der Waals surface area (Å²) < 4.78 is 40.5. The molecule has 0 spiro atoms. The van der Waals surface area contributed by atoms with Crippen LogP contribution in [0.5, 0.6) is 0 Å². The van der Waals surface area contributed by atoms with E-state index in [2.05, 4.69) is 10.0 Å². The van der Waals surface area contributed by atoms with Crippen LogP contribution in [0.1, 0.15) is 25.7 Å². The molecule has 0 atom stereocenters. The van der Waals surface area contributed by atoms with E-state index in [1.807, 2.05) is 0 Å². The van der Waals surface area contributed by atoms with Gasteiger partial charge in [-0.2, -0.15) is 0 Å². The molecule has 1 saturated heterocycles. The van der Waals surface area contributed by atoms with Gasteiger partial charge < -0.3 is 10.2 Å². The highest BCUT2D eigenvalue weighted by molar-refractivity contribution is 7.92. The molecule has 3 rings (SSSR count). The molecule has 1 aliphatic rings. The molecule has 2 aromatic carbocycles. The second-order valence-corrected chi connectivity index (χ2v) is 8.68. The van der Waals surface area contributed by atoms with Crippen molar-refractivity contribution in [2.24, 2.45) is 0 Å². The van der Waals surface area contributed by atoms with E-state index in [9.17, 15) is 17.6 Å². The van der Waals surface area contributed by atoms with Gasteiger partial charge >= 0.3 is 6.03 Å². The molecule has 2 amide bonds. The minimum atomic E-state index is -3.87. The van der Waals surface area contributed by atoms with Gasteiger partial charge in [0, 0.05) is 18.8 Å². The van der Waals surface area contributed by atoms with E-state index >= 15 is 0 Å². The number of hydrogen-bond donors (Lipinski definition) is 2. The molecule has 28 heavy (non-hydrogen) atoms. The van der Waals surface area contributed by atoms with E-state index in [0.29, 0.717) is 5.69 Å². The quantitative estimate of drug-likeness (QED) is 0.745. The summed E-state index contributed by atoms with van der Waals surface area (Å²) in [7, 11) is -3.87. The summed E-state index contributed by atoms with van der Waals surface area (Å²) in [5, 5.41) is 2.62. The Bertz CT molecular complexity index is 943. The van der Waals surface area contributed by atoms with E-state index in [1.54, 1.807) is 4.90 Å². The highest BCUT2D eigenvalue weighted by Gasteiger charge is 2.17. The number of likely N-dealkylation sites (tertiary alicyclic amines) is 1. The Morgan fingerprint density at radius 3 is 2.18 bits per heavy atom. The van der Waals surface area contributed by atoms with Crippen LogP contribution in [0.2, 0.25) is 5.02 Å². The Morgan fingerprint density at radius 2 is 1.57 bits per heavy atom. The number of urea groups is 1. The van der Waals surface area contributed by atoms with Crippen molar-refractivity contribution in [3.8, 4) is 0 Å². The highest BCUT2D eigenvalue weighted by Crippen LogP contribution is 2.23. The van der Waals surface area contributed by atoms with E-state index in [0.717, 1.165) is 44.8 Å². The topological polar surface area (TPSA) is 78.5 Å². The predicted molar refractivity (Wildman–Crippen MR) is 108 cm³/mol. The van der Waals surface area contributed by atoms with Gasteiger partial charge in [-0.25, -0.2) is 17.6 Å². The Balaban J connectivity index is 1.67. The summed E-state index contributed by atoms with van der Waals surface area (Å²) in [5.74, 6) is -0.630. The van der Waals surface area contributed by atoms with Crippen LogP contribution in [0.25, 0.3) is 0 Å². The SMILES string of the molecule is O=C(Nc1ccc(S(=O)(=O)Nc2ccc(F)c(Cl)c2)cc1)N1CCCCCC1. The van der Waals surface area contributed by atoms with Crippen molar-refractivity contribution >= 4 is 39.0 Å². The number of amides is 2. The first-order chi connectivity index (χ1) is 13.3. The van der Waals surface area contributed by atoms with Crippen LogP contribution in [-0.4, -0.2) is 32.4 Å². The second kappa shape index (κ2) is 8.79. The zero-order valence-corrected chi connectivity index (χ0v) is 16.7. The molecule has 0 aromatic heterocycles. The maximum atomic E-state index is 13.2. The predicted octanol–water partition coefficient (Wildman–Crippen LogP) is 4.69. The van der Waals surface area contributed by atoms with E-state index in [4.69, 9.17) is 11.6 Å². The summed E-state index contributed by atoms with van der Waals surface area (Å²) in [5.41, 5.74) is 0.669. The van der Waals surface area contributed by atoms with E-state index in [1.165, 1.54) is 36.4 Å². The number of benzene rings is 2. The number of hydrogen-bond acceptors (Lipinski definition) is 3. The lowest BCUT2D eigenvalue weighted by Crippen LogP contribution is -2.35. The molecule has 1 heterocycles. The van der Waals surface area contributed by atoms with Crippen LogP contribution >= 0.6 is 11.6 Å². The Hall–Kier alpha value is -2.32. The average molecular weight is 426 g/mol. The van der Waals surface area contributed by atoms with E-state index < -0.39 is 15.8 Å². The number of sulfonamides is 1. The number of halogens is 2. The first kappa shape index (κ1) is 20.4. The summed E-state index contributed by atoms with van der Waals surface area (Å²) in [6.45, 7) is 1.45. The van der Waals surface area contributed by atoms with Crippen LogP contribution in [0, 0.1) is 5.82 Å². The summed E-state index contributed by atoms with van der Waals surface area (Å²) >= 11 is 5.68. The lowest BCUT2D eigenvalue weighted by atomic mass is 10.2. The molecular weight excluding hydrogens is 405 g/mol. The molecule has 6 nitrogen and oxygen atoms in total. The van der Waals surface area contributed by atoms with Crippen LogP contribution in [0.3, 0.4) is 0 Å². The van der Waals surface area contributed by atoms with Crippen molar-refractivity contribution in [1.29, 1.82) is 0 Å². The normalized spacial score (nSPS) is 15.0. The lowest BCUT2D eigenvalue weighted by Gasteiger charge is -2.20. The third-order valence-corrected chi connectivity index (χ3v) is 6.17. The maximum absolute atomic E-state index is 13.2. The number of carbonyl (C=O) groups is 1. The third-order valence-electron chi connectivity index (χ3n) is 4.48. The van der Waals surface area contributed by atoms with Crippen LogP contribution in [-0.2, 0) is 10.0 Å². The Kier molecular flexibility index (Phi) is 6.41. The Morgan fingerprint density at radius 1 is 0.964 bits per heavy atom. The van der Waals surface area contributed by atoms with Crippen molar-refractivity contribution in [1.82, 2.24) is 4.90 Å². The van der Waals surface area contributed by atoms with Crippen LogP contribution in [0.15, 0.2) is 47.4 Å². The van der Waals surface area contributed by atoms with Gasteiger partial charge in [0.05, 0.1) is 15.6 Å². The minimum Gasteiger partial charge on any atom is -0.325 e. The summed E-state index contributed by atoms with van der Waals surface area (Å²) in [6.07, 6.45) is 4.23. The first-order valence-corrected chi connectivity index (χ1v) is 10.9. The first-order valence-electron chi connectivity index (χ1n) is 8.99. The van der Waals surface area contributed by atoms with Crippen molar-refractivity contribution in [3.05, 3.63) is 53.3 Å². The van der Waals surface area contributed by atoms with Gasteiger partial charge in [0.2, 0.25) is 0 Å². The number of rotatable bonds is 4. The molecule has 0 bridgehead atoms. The lowest BCUT2D eigenvalue weighted by molar-refractivity contribution is 0.214. The largest absolute Gasteiger partial charge is 0.325 e. The number of nitrogens with zero attached hydrogens (tertiary/aromatic N) is 1. The standard InChI is InChI=1S/C19H21ClFN3O3S/c20-17-13-15(7-10-18(17)21)23-28(26,27)16-8-5-14(6-9-16)22-19(25)24-11-3-1-2-4-12-24/h5-10,13,23H,1-4,11-12H2,(H,22,25). The molecule has 1 fully saturated rings. The monoisotopic (exact) mass is 425 g/mol. The average Bonchev–Trinajstić information content (AvgIpc) is 2.94. The highest BCUT2D eigenvalue weighted by atomic mass is 35.5. The molecule has 9 heteroatoms. The molecule has 2 N–H and O–H groups in total. The number of anilines is 2. The summed E-state index contributed by atoms with van der Waals surface area (Å²) in [6, 6.07) is 9.23. The van der Waals surface area contributed by atoms with Crippen LogP contribution in [0.4, 0.5) is 20.6 Å². The molecule has 0 saturated carbocycles. The van der Waals surface area contributed by atoms with Gasteiger partial charge in [-0.3, -0.25) is 4.72 Å². The molecule has 0 radical (unpaired) electrons. The fraction of sp³-hybridized carbons (Fsp3) is 0.316. The molecule has 0 aliphatic carbocycles. The smallest absolute Gasteiger partial charge is 0.321 e.